The van der Waals surface area contributed by atoms with E-state index in [0.717, 1.165) is 53.3 Å². The number of carbonyl (C=O) groups excluding carboxylic acids is 2. The number of rotatable bonds is 8. The van der Waals surface area contributed by atoms with Gasteiger partial charge in [0.25, 0.3) is 0 Å². The molecule has 5 rings (SSSR count). The second-order valence-electron chi connectivity index (χ2n) is 8.43. The van der Waals surface area contributed by atoms with Crippen molar-refractivity contribution in [1.29, 1.82) is 0 Å². The highest BCUT2D eigenvalue weighted by atomic mass is 32.2. The Hall–Kier alpha value is -3.23. The number of anilines is 2. The van der Waals surface area contributed by atoms with E-state index < -0.39 is 0 Å². The first-order valence-electron chi connectivity index (χ1n) is 11.4. The van der Waals surface area contributed by atoms with Crippen LogP contribution in [0, 0.1) is 0 Å². The van der Waals surface area contributed by atoms with Crippen LogP contribution in [0.3, 0.4) is 0 Å². The van der Waals surface area contributed by atoms with Crippen molar-refractivity contribution >= 4 is 45.9 Å². The Morgan fingerprint density at radius 2 is 2.00 bits per heavy atom. The van der Waals surface area contributed by atoms with Crippen molar-refractivity contribution < 1.29 is 19.1 Å². The molecule has 34 heavy (non-hydrogen) atoms. The van der Waals surface area contributed by atoms with E-state index in [1.54, 1.807) is 12.0 Å². The van der Waals surface area contributed by atoms with Gasteiger partial charge in [-0.1, -0.05) is 30.3 Å². The Balaban J connectivity index is 1.12. The predicted octanol–water partition coefficient (Wildman–Crippen LogP) is 4.79. The smallest absolute Gasteiger partial charge is 0.414 e. The van der Waals surface area contributed by atoms with E-state index in [0.29, 0.717) is 12.3 Å². The van der Waals surface area contributed by atoms with Gasteiger partial charge in [-0.15, -0.1) is 11.8 Å². The van der Waals surface area contributed by atoms with Gasteiger partial charge in [0.1, 0.15) is 11.9 Å². The number of hydrogen-bond acceptors (Lipinski definition) is 6. The minimum absolute atomic E-state index is 0.0216. The maximum absolute atomic E-state index is 12.5. The molecular formula is C26H27N3O4S. The lowest BCUT2D eigenvalue weighted by Crippen LogP contribution is -2.25. The Labute approximate surface area is 202 Å². The Bertz CT molecular complexity index is 1230. The van der Waals surface area contributed by atoms with Gasteiger partial charge in [0.05, 0.1) is 25.1 Å². The van der Waals surface area contributed by atoms with E-state index in [1.165, 1.54) is 22.7 Å². The molecule has 0 radical (unpaired) electrons. The highest BCUT2D eigenvalue weighted by molar-refractivity contribution is 8.00. The van der Waals surface area contributed by atoms with Gasteiger partial charge in [0.15, 0.2) is 0 Å². The first-order valence-corrected chi connectivity index (χ1v) is 12.4. The maximum atomic E-state index is 12.5. The summed E-state index contributed by atoms with van der Waals surface area (Å²) >= 11 is 1.51. The number of nitrogens with zero attached hydrogens (tertiary/aromatic N) is 1. The van der Waals surface area contributed by atoms with Crippen LogP contribution in [0.2, 0.25) is 0 Å². The maximum Gasteiger partial charge on any atom is 0.414 e. The van der Waals surface area contributed by atoms with Gasteiger partial charge in [-0.05, 0) is 54.6 Å². The SMILES string of the molecule is COc1ccc(CNCCCC2CN(c3ccc4c(c3)NC(=O)CS4)C(=O)O2)c2ccccc12. The summed E-state index contributed by atoms with van der Waals surface area (Å²) in [7, 11) is 1.69. The molecule has 2 aliphatic heterocycles. The first-order chi connectivity index (χ1) is 16.6. The van der Waals surface area contributed by atoms with E-state index in [4.69, 9.17) is 9.47 Å². The lowest BCUT2D eigenvalue weighted by Gasteiger charge is -2.20. The third-order valence-electron chi connectivity index (χ3n) is 6.17. The van der Waals surface area contributed by atoms with E-state index in [1.807, 2.05) is 36.4 Å². The molecule has 2 amide bonds. The lowest BCUT2D eigenvalue weighted by molar-refractivity contribution is -0.113. The Kier molecular flexibility index (Phi) is 6.60. The van der Waals surface area contributed by atoms with Crippen LogP contribution in [0.4, 0.5) is 16.2 Å². The fraction of sp³-hybridized carbons (Fsp3) is 0.308. The molecule has 2 N–H and O–H groups in total. The molecule has 0 saturated carbocycles. The molecule has 176 valence electrons. The van der Waals surface area contributed by atoms with Gasteiger partial charge in [-0.25, -0.2) is 4.79 Å². The number of amides is 2. The number of hydrogen-bond donors (Lipinski definition) is 2. The van der Waals surface area contributed by atoms with Crippen LogP contribution in [-0.4, -0.2) is 44.1 Å². The summed E-state index contributed by atoms with van der Waals surface area (Å²) in [6, 6.07) is 18.1. The number of methoxy groups -OCH3 is 1. The highest BCUT2D eigenvalue weighted by Crippen LogP contribution is 2.35. The Morgan fingerprint density at radius 3 is 2.85 bits per heavy atom. The minimum Gasteiger partial charge on any atom is -0.496 e. The van der Waals surface area contributed by atoms with Gasteiger partial charge in [-0.2, -0.15) is 0 Å². The summed E-state index contributed by atoms with van der Waals surface area (Å²) in [5.74, 6) is 1.28. The van der Waals surface area contributed by atoms with Crippen LogP contribution >= 0.6 is 11.8 Å². The van der Waals surface area contributed by atoms with Crippen molar-refractivity contribution in [3.8, 4) is 5.75 Å². The fourth-order valence-corrected chi connectivity index (χ4v) is 5.25. The summed E-state index contributed by atoms with van der Waals surface area (Å²) < 4.78 is 11.1. The number of nitrogens with one attached hydrogen (secondary N) is 2. The van der Waals surface area contributed by atoms with Crippen LogP contribution in [0.5, 0.6) is 5.75 Å². The van der Waals surface area contributed by atoms with Gasteiger partial charge in [0, 0.05) is 22.5 Å². The molecule has 1 atom stereocenters. The zero-order valence-electron chi connectivity index (χ0n) is 19.0. The summed E-state index contributed by atoms with van der Waals surface area (Å²) in [5.41, 5.74) is 2.73. The van der Waals surface area contributed by atoms with Crippen LogP contribution in [0.25, 0.3) is 10.8 Å². The fourth-order valence-electron chi connectivity index (χ4n) is 4.47. The quantitative estimate of drug-likeness (QED) is 0.454. The summed E-state index contributed by atoms with van der Waals surface area (Å²) in [5, 5.41) is 8.69. The molecule has 3 aromatic rings. The van der Waals surface area contributed by atoms with Crippen LogP contribution < -0.4 is 20.3 Å². The van der Waals surface area contributed by atoms with Crippen molar-refractivity contribution in [3.63, 3.8) is 0 Å². The second-order valence-corrected chi connectivity index (χ2v) is 9.44. The van der Waals surface area contributed by atoms with Crippen LogP contribution in [0.1, 0.15) is 18.4 Å². The largest absolute Gasteiger partial charge is 0.496 e. The molecule has 1 fully saturated rings. The van der Waals surface area contributed by atoms with E-state index >= 15 is 0 Å². The van der Waals surface area contributed by atoms with Crippen molar-refractivity contribution in [1.82, 2.24) is 5.32 Å². The van der Waals surface area contributed by atoms with Crippen molar-refractivity contribution in [2.24, 2.45) is 0 Å². The molecular weight excluding hydrogens is 450 g/mol. The standard InChI is InChI=1S/C26H27N3O4S/c1-32-23-10-8-17(20-6-2-3-7-21(20)23)14-27-12-4-5-19-15-29(26(31)33-19)18-9-11-24-22(13-18)28-25(30)16-34-24/h2-3,6-11,13,19,27H,4-5,12,14-16H2,1H3,(H,28,30). The Morgan fingerprint density at radius 1 is 1.15 bits per heavy atom. The number of ether oxygens (including phenoxy) is 2. The molecule has 3 aromatic carbocycles. The molecule has 2 heterocycles. The summed E-state index contributed by atoms with van der Waals surface area (Å²) in [6.07, 6.45) is 1.21. The zero-order valence-corrected chi connectivity index (χ0v) is 19.8. The van der Waals surface area contributed by atoms with Crippen molar-refractivity contribution in [2.75, 3.05) is 36.2 Å². The van der Waals surface area contributed by atoms with E-state index in [2.05, 4.69) is 28.8 Å². The average Bonchev–Trinajstić information content (AvgIpc) is 3.23. The monoisotopic (exact) mass is 477 g/mol. The topological polar surface area (TPSA) is 79.9 Å². The normalized spacial score (nSPS) is 17.4. The molecule has 2 aliphatic rings. The van der Waals surface area contributed by atoms with Gasteiger partial charge >= 0.3 is 6.09 Å². The molecule has 7 nitrogen and oxygen atoms in total. The molecule has 0 aliphatic carbocycles. The first kappa shape index (κ1) is 22.6. The number of carbonyl (C=O) groups is 2. The molecule has 0 bridgehead atoms. The molecule has 1 saturated heterocycles. The minimum atomic E-state index is -0.336. The van der Waals surface area contributed by atoms with Crippen molar-refractivity contribution in [2.45, 2.75) is 30.4 Å². The third-order valence-corrected chi connectivity index (χ3v) is 7.24. The lowest BCUT2D eigenvalue weighted by atomic mass is 10.0. The number of cyclic esters (lactones) is 1. The zero-order chi connectivity index (χ0) is 23.5. The van der Waals surface area contributed by atoms with E-state index in [-0.39, 0.29) is 18.1 Å². The molecule has 8 heteroatoms. The van der Waals surface area contributed by atoms with Crippen LogP contribution in [-0.2, 0) is 16.1 Å². The number of benzene rings is 3. The summed E-state index contributed by atoms with van der Waals surface area (Å²) in [6.45, 7) is 2.11. The number of fused-ring (bicyclic) bond motifs is 2. The summed E-state index contributed by atoms with van der Waals surface area (Å²) in [4.78, 5) is 26.8. The predicted molar refractivity (Wildman–Crippen MR) is 135 cm³/mol. The van der Waals surface area contributed by atoms with Gasteiger partial charge in [-0.3, -0.25) is 9.69 Å². The third kappa shape index (κ3) is 4.69. The number of thioether (sulfide) groups is 1. The highest BCUT2D eigenvalue weighted by Gasteiger charge is 2.32. The molecule has 1 unspecified atom stereocenters. The average molecular weight is 478 g/mol. The van der Waals surface area contributed by atoms with E-state index in [9.17, 15) is 9.59 Å². The second kappa shape index (κ2) is 9.95. The van der Waals surface area contributed by atoms with Gasteiger partial charge in [0.2, 0.25) is 5.91 Å². The molecule has 0 spiro atoms. The van der Waals surface area contributed by atoms with Crippen LogP contribution in [0.15, 0.2) is 59.5 Å². The van der Waals surface area contributed by atoms with Crippen molar-refractivity contribution in [3.05, 3.63) is 60.2 Å². The van der Waals surface area contributed by atoms with Gasteiger partial charge < -0.3 is 20.1 Å². The molecule has 0 aromatic heterocycles.